The third-order valence-corrected chi connectivity index (χ3v) is 8.28. The van der Waals surface area contributed by atoms with Gasteiger partial charge in [0.25, 0.3) is 0 Å². The SMILES string of the molecule is C=CCN1C(=CC2=C(O)C(=CC3=[N+](CC=C)c4cc(C)ccc4C3(C)C)C2=O)C(C)(C)c2ccc(C)cc21. The Hall–Kier alpha value is -3.92. The summed E-state index contributed by atoms with van der Waals surface area (Å²) in [4.78, 5) is 15.7. The van der Waals surface area contributed by atoms with Gasteiger partial charge in [0.1, 0.15) is 5.76 Å². The van der Waals surface area contributed by atoms with Gasteiger partial charge < -0.3 is 10.0 Å². The number of ketones is 1. The first kappa shape index (κ1) is 25.7. The van der Waals surface area contributed by atoms with Gasteiger partial charge in [-0.05, 0) is 62.6 Å². The van der Waals surface area contributed by atoms with Gasteiger partial charge in [-0.25, -0.2) is 0 Å². The molecule has 0 amide bonds. The number of benzene rings is 2. The minimum Gasteiger partial charge on any atom is -0.506 e. The summed E-state index contributed by atoms with van der Waals surface area (Å²) in [6, 6.07) is 12.9. The van der Waals surface area contributed by atoms with Crippen LogP contribution in [0.4, 0.5) is 11.4 Å². The van der Waals surface area contributed by atoms with E-state index < -0.39 is 0 Å². The average Bonchev–Trinajstić information content (AvgIpc) is 3.19. The summed E-state index contributed by atoms with van der Waals surface area (Å²) in [6.07, 6.45) is 7.49. The number of hydrogen-bond donors (Lipinski definition) is 1. The molecule has 5 rings (SSSR count). The molecule has 0 fully saturated rings. The number of Topliss-reactive ketones (excluding diaryl/α,β-unsaturated/α-hetero) is 1. The van der Waals surface area contributed by atoms with Crippen molar-refractivity contribution in [2.24, 2.45) is 0 Å². The Labute approximate surface area is 226 Å². The number of anilines is 1. The maximum absolute atomic E-state index is 13.5. The molecule has 38 heavy (non-hydrogen) atoms. The predicted molar refractivity (Wildman–Crippen MR) is 157 cm³/mol. The van der Waals surface area contributed by atoms with Crippen LogP contribution in [-0.2, 0) is 15.6 Å². The summed E-state index contributed by atoms with van der Waals surface area (Å²) >= 11 is 0. The van der Waals surface area contributed by atoms with Crippen LogP contribution in [0.25, 0.3) is 0 Å². The van der Waals surface area contributed by atoms with Crippen molar-refractivity contribution in [3.8, 4) is 0 Å². The molecule has 3 aliphatic rings. The molecule has 2 heterocycles. The van der Waals surface area contributed by atoms with E-state index in [-0.39, 0.29) is 22.4 Å². The van der Waals surface area contributed by atoms with E-state index in [9.17, 15) is 9.90 Å². The van der Waals surface area contributed by atoms with Crippen molar-refractivity contribution in [1.82, 2.24) is 0 Å². The Kier molecular flexibility index (Phi) is 5.98. The number of hydrogen-bond acceptors (Lipinski definition) is 3. The molecule has 0 spiro atoms. The first-order valence-electron chi connectivity index (χ1n) is 13.2. The van der Waals surface area contributed by atoms with Crippen LogP contribution in [0.15, 0.2) is 96.5 Å². The van der Waals surface area contributed by atoms with Gasteiger partial charge in [-0.3, -0.25) is 4.79 Å². The Bertz CT molecular complexity index is 1540. The Morgan fingerprint density at radius 3 is 2.21 bits per heavy atom. The van der Waals surface area contributed by atoms with Crippen molar-refractivity contribution in [1.29, 1.82) is 0 Å². The van der Waals surface area contributed by atoms with E-state index in [1.165, 1.54) is 22.3 Å². The number of aliphatic hydroxyl groups excluding tert-OH is 1. The fraction of sp³-hybridized carbons (Fsp3) is 0.294. The van der Waals surface area contributed by atoms with E-state index >= 15 is 0 Å². The molecule has 4 heteroatoms. The Morgan fingerprint density at radius 2 is 1.58 bits per heavy atom. The maximum atomic E-state index is 13.5. The van der Waals surface area contributed by atoms with Crippen LogP contribution in [0.5, 0.6) is 0 Å². The molecule has 0 saturated heterocycles. The molecule has 2 aromatic rings. The number of aryl methyl sites for hydroxylation is 2. The number of fused-ring (bicyclic) bond motifs is 2. The fourth-order valence-corrected chi connectivity index (χ4v) is 6.15. The van der Waals surface area contributed by atoms with Gasteiger partial charge in [0.15, 0.2) is 12.3 Å². The molecule has 0 aromatic heterocycles. The van der Waals surface area contributed by atoms with Crippen molar-refractivity contribution in [3.63, 3.8) is 0 Å². The summed E-state index contributed by atoms with van der Waals surface area (Å²) in [6.45, 7) is 22.0. The predicted octanol–water partition coefficient (Wildman–Crippen LogP) is 7.05. The number of allylic oxidation sites excluding steroid dienone is 5. The molecular weight excluding hydrogens is 468 g/mol. The zero-order valence-electron chi connectivity index (χ0n) is 23.4. The second-order valence-electron chi connectivity index (χ2n) is 11.7. The summed E-state index contributed by atoms with van der Waals surface area (Å²) < 4.78 is 2.20. The Balaban J connectivity index is 1.60. The molecule has 0 unspecified atom stereocenters. The van der Waals surface area contributed by atoms with Crippen molar-refractivity contribution in [2.45, 2.75) is 52.4 Å². The minimum atomic E-state index is -0.318. The zero-order chi connectivity index (χ0) is 27.6. The van der Waals surface area contributed by atoms with E-state index in [2.05, 4.69) is 101 Å². The highest BCUT2D eigenvalue weighted by atomic mass is 16.3. The molecule has 0 bridgehead atoms. The van der Waals surface area contributed by atoms with Crippen LogP contribution in [0.3, 0.4) is 0 Å². The van der Waals surface area contributed by atoms with Gasteiger partial charge in [0, 0.05) is 41.1 Å². The van der Waals surface area contributed by atoms with Crippen LogP contribution in [0, 0.1) is 13.8 Å². The highest BCUT2D eigenvalue weighted by molar-refractivity contribution is 6.24. The van der Waals surface area contributed by atoms with Crippen LogP contribution in [0.1, 0.15) is 49.9 Å². The van der Waals surface area contributed by atoms with Crippen LogP contribution in [0.2, 0.25) is 0 Å². The van der Waals surface area contributed by atoms with Gasteiger partial charge in [-0.1, -0.05) is 50.8 Å². The normalized spacial score (nSPS) is 21.2. The van der Waals surface area contributed by atoms with Crippen LogP contribution >= 0.6 is 0 Å². The first-order valence-corrected chi connectivity index (χ1v) is 13.2. The number of carbonyl (C=O) groups excluding carboxylic acids is 1. The van der Waals surface area contributed by atoms with Crippen LogP contribution < -0.4 is 4.90 Å². The lowest BCUT2D eigenvalue weighted by Gasteiger charge is -2.28. The van der Waals surface area contributed by atoms with E-state index in [0.717, 1.165) is 22.8 Å². The van der Waals surface area contributed by atoms with Crippen molar-refractivity contribution in [2.75, 3.05) is 18.0 Å². The Morgan fingerprint density at radius 1 is 0.921 bits per heavy atom. The van der Waals surface area contributed by atoms with E-state index in [4.69, 9.17) is 0 Å². The standard InChI is InChI=1S/C34H36N2O2/c1-9-15-35-27-17-21(3)11-13-25(27)33(5,6)29(35)19-23-31(37)24(32(23)38)20-30-34(7,8)26-14-12-22(4)18-28(26)36(30)16-10-2/h9-14,17-20H,1-2,15-16H2,3-8H3/p+1. The molecule has 0 saturated carbocycles. The van der Waals surface area contributed by atoms with Gasteiger partial charge >= 0.3 is 0 Å². The van der Waals surface area contributed by atoms with Crippen molar-refractivity contribution < 1.29 is 14.5 Å². The molecule has 0 atom stereocenters. The monoisotopic (exact) mass is 505 g/mol. The molecule has 4 nitrogen and oxygen atoms in total. The summed E-state index contributed by atoms with van der Waals surface area (Å²) in [5.41, 5.74) is 9.07. The largest absolute Gasteiger partial charge is 0.506 e. The number of aliphatic hydroxyl groups is 1. The lowest BCUT2D eigenvalue weighted by atomic mass is 9.77. The second kappa shape index (κ2) is 8.83. The molecule has 2 aromatic carbocycles. The second-order valence-corrected chi connectivity index (χ2v) is 11.7. The van der Waals surface area contributed by atoms with E-state index in [0.29, 0.717) is 24.2 Å². The summed E-state index contributed by atoms with van der Waals surface area (Å²) in [7, 11) is 0. The van der Waals surface area contributed by atoms with Gasteiger partial charge in [0.05, 0.1) is 16.6 Å². The highest BCUT2D eigenvalue weighted by Crippen LogP contribution is 2.49. The third kappa shape index (κ3) is 3.65. The maximum Gasteiger partial charge on any atom is 0.210 e. The summed E-state index contributed by atoms with van der Waals surface area (Å²) in [5, 5.41) is 11.2. The molecule has 1 N–H and O–H groups in total. The number of nitrogens with zero attached hydrogens (tertiary/aromatic N) is 2. The average molecular weight is 506 g/mol. The lowest BCUT2D eigenvalue weighted by Crippen LogP contribution is -2.32. The number of rotatable bonds is 6. The first-order chi connectivity index (χ1) is 17.9. The molecule has 194 valence electrons. The zero-order valence-corrected chi connectivity index (χ0v) is 23.4. The topological polar surface area (TPSA) is 43.5 Å². The lowest BCUT2D eigenvalue weighted by molar-refractivity contribution is -0.425. The number of carbonyl (C=O) groups is 1. The summed E-state index contributed by atoms with van der Waals surface area (Å²) in [5.74, 6) is -0.0801. The van der Waals surface area contributed by atoms with Crippen LogP contribution in [-0.4, -0.2) is 34.3 Å². The van der Waals surface area contributed by atoms with Gasteiger partial charge in [0.2, 0.25) is 11.5 Å². The van der Waals surface area contributed by atoms with Gasteiger partial charge in [-0.2, -0.15) is 4.58 Å². The molecule has 1 aliphatic carbocycles. The highest BCUT2D eigenvalue weighted by Gasteiger charge is 2.47. The quantitative estimate of drug-likeness (QED) is 0.260. The van der Waals surface area contributed by atoms with E-state index in [1.807, 2.05) is 24.3 Å². The minimum absolute atomic E-state index is 0.0537. The smallest absolute Gasteiger partial charge is 0.210 e. The van der Waals surface area contributed by atoms with E-state index in [1.54, 1.807) is 0 Å². The molecule has 2 aliphatic heterocycles. The molecule has 0 radical (unpaired) electrons. The van der Waals surface area contributed by atoms with Crippen molar-refractivity contribution >= 4 is 22.9 Å². The third-order valence-electron chi connectivity index (χ3n) is 8.28. The fourth-order valence-electron chi connectivity index (χ4n) is 6.15. The van der Waals surface area contributed by atoms with Gasteiger partial charge in [-0.15, -0.1) is 6.58 Å². The molecular formula is C34H37N2O2+. The van der Waals surface area contributed by atoms with Crippen molar-refractivity contribution in [3.05, 3.63) is 119 Å².